The molecule has 0 aliphatic carbocycles. The summed E-state index contributed by atoms with van der Waals surface area (Å²) in [5.74, 6) is 2.02. The monoisotopic (exact) mass is 358 g/mol. The van der Waals surface area contributed by atoms with Crippen molar-refractivity contribution in [2.24, 2.45) is 0 Å². The molecule has 0 radical (unpaired) electrons. The van der Waals surface area contributed by atoms with E-state index in [1.807, 2.05) is 53.4 Å². The fourth-order valence-corrected chi connectivity index (χ4v) is 3.69. The van der Waals surface area contributed by atoms with Crippen LogP contribution in [0.3, 0.4) is 0 Å². The van der Waals surface area contributed by atoms with Crippen LogP contribution in [0.4, 0.5) is 5.82 Å². The molecular weight excluding hydrogens is 340 g/mol. The second-order valence-electron chi connectivity index (χ2n) is 6.79. The van der Waals surface area contributed by atoms with Gasteiger partial charge in [0.25, 0.3) is 0 Å². The van der Waals surface area contributed by atoms with Gasteiger partial charge in [0.1, 0.15) is 17.3 Å². The average molecular weight is 358 g/mol. The van der Waals surface area contributed by atoms with Crippen LogP contribution < -0.4 is 10.1 Å². The lowest BCUT2D eigenvalue weighted by molar-refractivity contribution is -0.136. The number of amides is 1. The van der Waals surface area contributed by atoms with Gasteiger partial charge in [0, 0.05) is 36.6 Å². The fourth-order valence-electron chi connectivity index (χ4n) is 3.69. The Morgan fingerprint density at radius 3 is 2.30 bits per heavy atom. The van der Waals surface area contributed by atoms with Gasteiger partial charge in [-0.1, -0.05) is 36.4 Å². The smallest absolute Gasteiger partial charge is 0.235 e. The second kappa shape index (κ2) is 6.39. The van der Waals surface area contributed by atoms with E-state index in [4.69, 9.17) is 4.74 Å². The van der Waals surface area contributed by atoms with Gasteiger partial charge in [-0.15, -0.1) is 0 Å². The number of carbonyl (C=O) groups is 1. The molecule has 2 aliphatic heterocycles. The van der Waals surface area contributed by atoms with Crippen molar-refractivity contribution in [2.75, 3.05) is 18.4 Å². The summed E-state index contributed by atoms with van der Waals surface area (Å²) >= 11 is 0. The molecule has 1 N–H and O–H groups in total. The number of anilines is 1. The number of hydrogen-bond acceptors (Lipinski definition) is 5. The van der Waals surface area contributed by atoms with Crippen LogP contribution in [0.5, 0.6) is 11.5 Å². The summed E-state index contributed by atoms with van der Waals surface area (Å²) in [4.78, 5) is 23.5. The number of fused-ring (bicyclic) bond motifs is 2. The van der Waals surface area contributed by atoms with Crippen LogP contribution in [-0.4, -0.2) is 39.9 Å². The normalized spacial score (nSPS) is 15.9. The summed E-state index contributed by atoms with van der Waals surface area (Å²) in [5.41, 5.74) is 1.85. The summed E-state index contributed by atoms with van der Waals surface area (Å²) in [6.07, 6.45) is 4.98. The van der Waals surface area contributed by atoms with E-state index in [0.29, 0.717) is 13.1 Å². The molecule has 27 heavy (non-hydrogen) atoms. The predicted octanol–water partition coefficient (Wildman–Crippen LogP) is 3.04. The lowest BCUT2D eigenvalue weighted by Gasteiger charge is -2.42. The minimum Gasteiger partial charge on any atom is -0.457 e. The molecular formula is C21H18N4O2. The van der Waals surface area contributed by atoms with Gasteiger partial charge in [-0.2, -0.15) is 0 Å². The Bertz CT molecular complexity index is 941. The number of hydrogen-bond donors (Lipinski definition) is 1. The van der Waals surface area contributed by atoms with Gasteiger partial charge < -0.3 is 15.0 Å². The van der Waals surface area contributed by atoms with Crippen molar-refractivity contribution in [2.45, 2.75) is 12.0 Å². The summed E-state index contributed by atoms with van der Waals surface area (Å²) in [5, 5.41) is 3.31. The highest BCUT2D eigenvalue weighted by molar-refractivity contribution is 5.90. The first-order chi connectivity index (χ1) is 13.3. The first-order valence-electron chi connectivity index (χ1n) is 8.96. The highest BCUT2D eigenvalue weighted by atomic mass is 16.5. The number of ether oxygens (including phenoxy) is 1. The van der Waals surface area contributed by atoms with E-state index < -0.39 is 0 Å². The zero-order valence-electron chi connectivity index (χ0n) is 14.6. The minimum atomic E-state index is -0.330. The maximum Gasteiger partial charge on any atom is 0.235 e. The zero-order chi connectivity index (χ0) is 18.2. The fraction of sp³-hybridized carbons (Fsp3) is 0.190. The van der Waals surface area contributed by atoms with E-state index >= 15 is 0 Å². The van der Waals surface area contributed by atoms with Crippen molar-refractivity contribution in [3.8, 4) is 11.5 Å². The number of benzene rings is 2. The van der Waals surface area contributed by atoms with Gasteiger partial charge in [-0.3, -0.25) is 9.78 Å². The van der Waals surface area contributed by atoms with Gasteiger partial charge in [-0.05, 0) is 12.1 Å². The van der Waals surface area contributed by atoms with Crippen LogP contribution in [0.25, 0.3) is 0 Å². The molecule has 6 nitrogen and oxygen atoms in total. The highest BCUT2D eigenvalue weighted by Gasteiger charge is 2.39. The molecule has 0 saturated carbocycles. The van der Waals surface area contributed by atoms with Crippen LogP contribution in [0.1, 0.15) is 17.0 Å². The van der Waals surface area contributed by atoms with Gasteiger partial charge in [0.05, 0.1) is 18.2 Å². The number of carbonyl (C=O) groups excluding carboxylic acids is 1. The quantitative estimate of drug-likeness (QED) is 0.779. The molecule has 2 aromatic carbocycles. The SMILES string of the molecule is O=C(C1c2ccccc2Oc2ccccc21)N1CC(Nc2cnccn2)C1. The van der Waals surface area contributed by atoms with Crippen LogP contribution >= 0.6 is 0 Å². The standard InChI is InChI=1S/C21H18N4O2/c26-21(25-12-14(13-25)24-19-11-22-9-10-23-19)20-15-5-1-3-7-17(15)27-18-8-4-2-6-16(18)20/h1-11,14,20H,12-13H2,(H,23,24). The third kappa shape index (κ3) is 2.79. The predicted molar refractivity (Wildman–Crippen MR) is 101 cm³/mol. The Labute approximate surface area is 156 Å². The van der Waals surface area contributed by atoms with Gasteiger partial charge in [0.2, 0.25) is 5.91 Å². The van der Waals surface area contributed by atoms with Crippen molar-refractivity contribution >= 4 is 11.7 Å². The molecule has 0 atom stereocenters. The molecule has 2 aliphatic rings. The maximum atomic E-state index is 13.3. The topological polar surface area (TPSA) is 67.3 Å². The molecule has 0 spiro atoms. The Balaban J connectivity index is 1.37. The van der Waals surface area contributed by atoms with Crippen LogP contribution in [0.15, 0.2) is 67.1 Å². The van der Waals surface area contributed by atoms with E-state index in [0.717, 1.165) is 28.4 Å². The third-order valence-electron chi connectivity index (χ3n) is 5.04. The molecule has 6 heteroatoms. The molecule has 0 bridgehead atoms. The molecule has 3 heterocycles. The summed E-state index contributed by atoms with van der Waals surface area (Å²) < 4.78 is 5.99. The summed E-state index contributed by atoms with van der Waals surface area (Å²) in [6, 6.07) is 15.7. The van der Waals surface area contributed by atoms with Crippen molar-refractivity contribution in [1.82, 2.24) is 14.9 Å². The van der Waals surface area contributed by atoms with Gasteiger partial charge in [-0.25, -0.2) is 4.98 Å². The van der Waals surface area contributed by atoms with Crippen molar-refractivity contribution in [1.29, 1.82) is 0 Å². The van der Waals surface area contributed by atoms with E-state index in [1.54, 1.807) is 18.6 Å². The number of nitrogens with zero attached hydrogens (tertiary/aromatic N) is 3. The van der Waals surface area contributed by atoms with Gasteiger partial charge >= 0.3 is 0 Å². The second-order valence-corrected chi connectivity index (χ2v) is 6.79. The molecule has 0 unspecified atom stereocenters. The zero-order valence-corrected chi connectivity index (χ0v) is 14.6. The third-order valence-corrected chi connectivity index (χ3v) is 5.04. The van der Waals surface area contributed by atoms with Crippen LogP contribution in [0, 0.1) is 0 Å². The first kappa shape index (κ1) is 15.8. The number of aromatic nitrogens is 2. The van der Waals surface area contributed by atoms with Crippen molar-refractivity contribution < 1.29 is 9.53 Å². The highest BCUT2D eigenvalue weighted by Crippen LogP contribution is 2.45. The Hall–Kier alpha value is -3.41. The van der Waals surface area contributed by atoms with E-state index in [-0.39, 0.29) is 17.9 Å². The molecule has 1 amide bonds. The van der Waals surface area contributed by atoms with Crippen molar-refractivity contribution in [3.05, 3.63) is 78.2 Å². The van der Waals surface area contributed by atoms with Crippen LogP contribution in [0.2, 0.25) is 0 Å². The Morgan fingerprint density at radius 2 is 1.67 bits per heavy atom. The molecule has 134 valence electrons. The molecule has 5 rings (SSSR count). The van der Waals surface area contributed by atoms with Crippen LogP contribution in [-0.2, 0) is 4.79 Å². The summed E-state index contributed by atoms with van der Waals surface area (Å²) in [6.45, 7) is 1.30. The number of para-hydroxylation sites is 2. The Morgan fingerprint density at radius 1 is 1.00 bits per heavy atom. The number of rotatable bonds is 3. The largest absolute Gasteiger partial charge is 0.457 e. The van der Waals surface area contributed by atoms with Crippen molar-refractivity contribution in [3.63, 3.8) is 0 Å². The summed E-state index contributed by atoms with van der Waals surface area (Å²) in [7, 11) is 0. The molecule has 1 saturated heterocycles. The maximum absolute atomic E-state index is 13.3. The molecule has 3 aromatic rings. The lowest BCUT2D eigenvalue weighted by Crippen LogP contribution is -2.58. The molecule has 1 aromatic heterocycles. The number of likely N-dealkylation sites (tertiary alicyclic amines) is 1. The van der Waals surface area contributed by atoms with Gasteiger partial charge in [0.15, 0.2) is 0 Å². The first-order valence-corrected chi connectivity index (χ1v) is 8.96. The average Bonchev–Trinajstić information content (AvgIpc) is 2.69. The Kier molecular flexibility index (Phi) is 3.74. The van der Waals surface area contributed by atoms with E-state index in [9.17, 15) is 4.79 Å². The molecule has 1 fully saturated rings. The minimum absolute atomic E-state index is 0.107. The number of nitrogens with one attached hydrogen (secondary N) is 1. The van der Waals surface area contributed by atoms with E-state index in [1.165, 1.54) is 0 Å². The van der Waals surface area contributed by atoms with E-state index in [2.05, 4.69) is 15.3 Å². The lowest BCUT2D eigenvalue weighted by atomic mass is 9.86.